The molecule has 0 saturated carbocycles. The van der Waals surface area contributed by atoms with Crippen LogP contribution >= 0.6 is 0 Å². The maximum absolute atomic E-state index is 13.1. The van der Waals surface area contributed by atoms with E-state index in [0.29, 0.717) is 30.1 Å². The van der Waals surface area contributed by atoms with Crippen molar-refractivity contribution in [3.63, 3.8) is 0 Å². The van der Waals surface area contributed by atoms with Gasteiger partial charge < -0.3 is 19.5 Å². The van der Waals surface area contributed by atoms with Gasteiger partial charge in [0.25, 0.3) is 5.92 Å². The lowest BCUT2D eigenvalue weighted by atomic mass is 10.0. The van der Waals surface area contributed by atoms with Crippen LogP contribution in [0.2, 0.25) is 0 Å². The molecule has 14 heteroatoms. The summed E-state index contributed by atoms with van der Waals surface area (Å²) in [6, 6.07) is 6.30. The van der Waals surface area contributed by atoms with Gasteiger partial charge in [-0.15, -0.1) is 0 Å². The molecule has 5 rings (SSSR count). The number of ether oxygens (including phenoxy) is 2. The topological polar surface area (TPSA) is 131 Å². The Hall–Kier alpha value is -4.20. The first-order valence-corrected chi connectivity index (χ1v) is 13.3. The van der Waals surface area contributed by atoms with Gasteiger partial charge in [0.15, 0.2) is 0 Å². The number of likely N-dealkylation sites (tertiary alicyclic amines) is 1. The van der Waals surface area contributed by atoms with Crippen LogP contribution in [-0.2, 0) is 10.3 Å². The summed E-state index contributed by atoms with van der Waals surface area (Å²) in [6.45, 7) is 8.30. The molecule has 0 spiro atoms. The molecule has 4 aromatic rings. The Morgan fingerprint density at radius 3 is 2.57 bits per heavy atom. The van der Waals surface area contributed by atoms with Crippen molar-refractivity contribution in [1.29, 1.82) is 0 Å². The van der Waals surface area contributed by atoms with E-state index in [1.54, 1.807) is 44.5 Å². The van der Waals surface area contributed by atoms with Crippen LogP contribution in [0.5, 0.6) is 5.75 Å². The van der Waals surface area contributed by atoms with Crippen LogP contribution in [0.3, 0.4) is 0 Å². The molecule has 1 aliphatic rings. The minimum atomic E-state index is -2.77. The highest BCUT2D eigenvalue weighted by molar-refractivity contribution is 5.70. The van der Waals surface area contributed by atoms with Gasteiger partial charge in [-0.1, -0.05) is 0 Å². The van der Waals surface area contributed by atoms with E-state index in [9.17, 15) is 23.1 Å². The van der Waals surface area contributed by atoms with E-state index in [1.165, 1.54) is 12.1 Å². The van der Waals surface area contributed by atoms with Crippen molar-refractivity contribution in [3.8, 4) is 17.0 Å². The van der Waals surface area contributed by atoms with E-state index in [2.05, 4.69) is 25.5 Å². The number of nitrogens with one attached hydrogen (secondary N) is 1. The zero-order valence-corrected chi connectivity index (χ0v) is 24.1. The van der Waals surface area contributed by atoms with Gasteiger partial charge in [0.05, 0.1) is 30.3 Å². The van der Waals surface area contributed by atoms with E-state index in [4.69, 9.17) is 9.47 Å². The van der Waals surface area contributed by atoms with Crippen molar-refractivity contribution in [2.24, 2.45) is 0 Å². The Kier molecular flexibility index (Phi) is 8.76. The van der Waals surface area contributed by atoms with Crippen LogP contribution in [0.1, 0.15) is 51.9 Å². The summed E-state index contributed by atoms with van der Waals surface area (Å²) in [5, 5.41) is 25.7. The largest absolute Gasteiger partial charge is 0.488 e. The highest BCUT2D eigenvalue weighted by Gasteiger charge is 2.38. The molecule has 1 amide bonds. The molecule has 0 aromatic carbocycles. The number of alkyl halides is 2. The predicted octanol–water partition coefficient (Wildman–Crippen LogP) is 4.90. The Morgan fingerprint density at radius 2 is 1.95 bits per heavy atom. The fourth-order valence-electron chi connectivity index (χ4n) is 4.23. The molecule has 4 aromatic heterocycles. The minimum absolute atomic E-state index is 0.0757. The quantitative estimate of drug-likeness (QED) is 0.336. The number of amides is 1. The molecule has 1 fully saturated rings. The summed E-state index contributed by atoms with van der Waals surface area (Å²) in [5.41, 5.74) is 1.22. The first kappa shape index (κ1) is 30.8. The standard InChI is InChI=1S/C18H17FN6O2.C10H17F2NO2/c1-11-17(23-24-22-11)12-7-15(14-5-6-21-25(14)9-12)27-10-18(2,26)16-4-3-13(19)8-20-16;1-9(2,3)15-8(14)13-6-4-5-10(11,12)7-13/h3-9,26H,10H2,1-2H3,(H,22,23,24);4-7H2,1-3H3. The highest BCUT2D eigenvalue weighted by Crippen LogP contribution is 2.30. The van der Waals surface area contributed by atoms with Crippen molar-refractivity contribution in [2.45, 2.75) is 64.6 Å². The second-order valence-corrected chi connectivity index (χ2v) is 11.3. The van der Waals surface area contributed by atoms with Crippen molar-refractivity contribution in [2.75, 3.05) is 19.7 Å². The first-order valence-electron chi connectivity index (χ1n) is 13.3. The van der Waals surface area contributed by atoms with E-state index in [1.807, 2.05) is 19.2 Å². The van der Waals surface area contributed by atoms with Gasteiger partial charge in [0.2, 0.25) is 0 Å². The van der Waals surface area contributed by atoms with Crippen LogP contribution in [0.15, 0.2) is 42.9 Å². The van der Waals surface area contributed by atoms with Crippen LogP contribution in [-0.4, -0.2) is 77.3 Å². The number of hydrogen-bond donors (Lipinski definition) is 2. The smallest absolute Gasteiger partial charge is 0.410 e. The number of H-pyrrole nitrogens is 1. The number of carbonyl (C=O) groups is 1. The molecular weight excluding hydrogens is 555 g/mol. The summed E-state index contributed by atoms with van der Waals surface area (Å²) in [4.78, 5) is 16.5. The average Bonchev–Trinajstić information content (AvgIpc) is 3.55. The number of pyridine rings is 2. The Balaban J connectivity index is 0.000000230. The van der Waals surface area contributed by atoms with Crippen molar-refractivity contribution in [1.82, 2.24) is 34.9 Å². The molecule has 1 aliphatic heterocycles. The Morgan fingerprint density at radius 1 is 1.19 bits per heavy atom. The first-order chi connectivity index (χ1) is 19.6. The van der Waals surface area contributed by atoms with Gasteiger partial charge >= 0.3 is 6.09 Å². The van der Waals surface area contributed by atoms with Crippen molar-refractivity contribution < 1.29 is 32.5 Å². The van der Waals surface area contributed by atoms with Gasteiger partial charge in [0.1, 0.15) is 40.6 Å². The van der Waals surface area contributed by atoms with Gasteiger partial charge in [0, 0.05) is 24.7 Å². The number of halogens is 3. The number of fused-ring (bicyclic) bond motifs is 1. The molecule has 1 atom stereocenters. The normalized spacial score (nSPS) is 16.4. The number of hydrogen-bond acceptors (Lipinski definition) is 8. The number of rotatable bonds is 5. The maximum Gasteiger partial charge on any atom is 0.410 e. The molecule has 0 bridgehead atoms. The van der Waals surface area contributed by atoms with E-state index >= 15 is 0 Å². The van der Waals surface area contributed by atoms with Crippen LogP contribution in [0.25, 0.3) is 16.8 Å². The molecule has 42 heavy (non-hydrogen) atoms. The summed E-state index contributed by atoms with van der Waals surface area (Å²) in [7, 11) is 0. The third kappa shape index (κ3) is 7.75. The Labute approximate surface area is 240 Å². The van der Waals surface area contributed by atoms with Gasteiger partial charge in [-0.2, -0.15) is 20.5 Å². The van der Waals surface area contributed by atoms with Crippen LogP contribution < -0.4 is 4.74 Å². The fourth-order valence-corrected chi connectivity index (χ4v) is 4.23. The number of aromatic nitrogens is 6. The molecule has 2 N–H and O–H groups in total. The van der Waals surface area contributed by atoms with Crippen LogP contribution in [0, 0.1) is 12.7 Å². The molecular formula is C28H34F3N7O4. The molecule has 1 unspecified atom stereocenters. The highest BCUT2D eigenvalue weighted by atomic mass is 19.3. The average molecular weight is 590 g/mol. The van der Waals surface area contributed by atoms with Gasteiger partial charge in [-0.25, -0.2) is 22.5 Å². The maximum atomic E-state index is 13.1. The SMILES string of the molecule is CC(C)(C)OC(=O)N1CCCC(F)(F)C1.Cc1n[nH]nc1-c1cc(OCC(C)(O)c2ccc(F)cn2)c2ccnn2c1. The monoisotopic (exact) mass is 589 g/mol. The van der Waals surface area contributed by atoms with Gasteiger partial charge in [-0.05, 0) is 65.3 Å². The zero-order chi connectivity index (χ0) is 30.7. The Bertz CT molecular complexity index is 1510. The number of piperidine rings is 1. The second kappa shape index (κ2) is 12.0. The molecule has 1 saturated heterocycles. The lowest BCUT2D eigenvalue weighted by Crippen LogP contribution is -2.47. The summed E-state index contributed by atoms with van der Waals surface area (Å²) < 4.78 is 51.7. The molecule has 0 radical (unpaired) electrons. The molecule has 5 heterocycles. The van der Waals surface area contributed by atoms with Crippen molar-refractivity contribution in [3.05, 3.63) is 60.1 Å². The third-order valence-corrected chi connectivity index (χ3v) is 6.30. The number of aromatic amines is 1. The second-order valence-electron chi connectivity index (χ2n) is 11.3. The molecule has 11 nitrogen and oxygen atoms in total. The number of nitrogens with zero attached hydrogens (tertiary/aromatic N) is 6. The van der Waals surface area contributed by atoms with E-state index in [0.717, 1.165) is 27.9 Å². The van der Waals surface area contributed by atoms with E-state index in [-0.39, 0.29) is 13.0 Å². The van der Waals surface area contributed by atoms with Gasteiger partial charge in [-0.3, -0.25) is 4.98 Å². The van der Waals surface area contributed by atoms with E-state index < -0.39 is 35.6 Å². The summed E-state index contributed by atoms with van der Waals surface area (Å²) in [6.07, 6.45) is 4.07. The fraction of sp³-hybridized carbons (Fsp3) is 0.464. The lowest BCUT2D eigenvalue weighted by molar-refractivity contribution is -0.0687. The predicted molar refractivity (Wildman–Crippen MR) is 147 cm³/mol. The number of carbonyl (C=O) groups excluding carboxylic acids is 1. The molecule has 0 aliphatic carbocycles. The van der Waals surface area contributed by atoms with Crippen LogP contribution in [0.4, 0.5) is 18.0 Å². The summed E-state index contributed by atoms with van der Waals surface area (Å²) in [5.74, 6) is -2.71. The van der Waals surface area contributed by atoms with Crippen molar-refractivity contribution >= 4 is 11.6 Å². The lowest BCUT2D eigenvalue weighted by Gasteiger charge is -2.33. The number of aliphatic hydroxyl groups is 1. The third-order valence-electron chi connectivity index (χ3n) is 6.30. The zero-order valence-electron chi connectivity index (χ0n) is 24.1. The minimum Gasteiger partial charge on any atom is -0.488 e. The summed E-state index contributed by atoms with van der Waals surface area (Å²) >= 11 is 0. The number of aryl methyl sites for hydroxylation is 1. The molecule has 226 valence electrons.